The molecule has 2 rings (SSSR count). The standard InChI is InChI=1S/C12H17N3O2S/c1-3-5-15-8-11(10(2)14-15)7-13-12-4-6-18(16,17)9-12/h3-4,6,8,12-13H,1,5,7,9H2,2H3. The van der Waals surface area contributed by atoms with Crippen LogP contribution < -0.4 is 5.32 Å². The summed E-state index contributed by atoms with van der Waals surface area (Å²) in [6.07, 6.45) is 5.44. The SMILES string of the molecule is C=CCn1cc(CNC2C=CS(=O)(=O)C2)c(C)n1. The molecule has 98 valence electrons. The second-order valence-electron chi connectivity index (χ2n) is 4.40. The molecule has 0 saturated carbocycles. The summed E-state index contributed by atoms with van der Waals surface area (Å²) in [7, 11) is -2.99. The molecule has 1 atom stereocenters. The Kier molecular flexibility index (Phi) is 3.68. The van der Waals surface area contributed by atoms with Crippen LogP contribution in [-0.4, -0.2) is 30.0 Å². The third-order valence-electron chi connectivity index (χ3n) is 2.85. The molecule has 1 unspecified atom stereocenters. The summed E-state index contributed by atoms with van der Waals surface area (Å²) in [5.74, 6) is 0.146. The molecule has 0 amide bonds. The van der Waals surface area contributed by atoms with Gasteiger partial charge >= 0.3 is 0 Å². The van der Waals surface area contributed by atoms with Gasteiger partial charge in [-0.1, -0.05) is 12.2 Å². The Morgan fingerprint density at radius 2 is 2.44 bits per heavy atom. The van der Waals surface area contributed by atoms with Crippen molar-refractivity contribution < 1.29 is 8.42 Å². The van der Waals surface area contributed by atoms with Gasteiger partial charge in [0.15, 0.2) is 9.84 Å². The number of aromatic nitrogens is 2. The van der Waals surface area contributed by atoms with Crippen molar-refractivity contribution in [2.75, 3.05) is 5.75 Å². The quantitative estimate of drug-likeness (QED) is 0.801. The number of nitrogens with zero attached hydrogens (tertiary/aromatic N) is 2. The lowest BCUT2D eigenvalue weighted by Crippen LogP contribution is -2.29. The highest BCUT2D eigenvalue weighted by atomic mass is 32.2. The Balaban J connectivity index is 1.95. The van der Waals surface area contributed by atoms with Crippen molar-refractivity contribution in [3.8, 4) is 0 Å². The van der Waals surface area contributed by atoms with Crippen molar-refractivity contribution >= 4 is 9.84 Å². The molecule has 0 aromatic carbocycles. The van der Waals surface area contributed by atoms with Gasteiger partial charge < -0.3 is 5.32 Å². The van der Waals surface area contributed by atoms with E-state index in [0.717, 1.165) is 11.3 Å². The summed E-state index contributed by atoms with van der Waals surface area (Å²) in [5, 5.41) is 8.82. The summed E-state index contributed by atoms with van der Waals surface area (Å²) >= 11 is 0. The Morgan fingerprint density at radius 1 is 1.67 bits per heavy atom. The van der Waals surface area contributed by atoms with Crippen LogP contribution in [0.15, 0.2) is 30.3 Å². The highest BCUT2D eigenvalue weighted by molar-refractivity contribution is 7.94. The molecule has 0 saturated heterocycles. The maximum atomic E-state index is 11.3. The molecule has 1 aliphatic rings. The van der Waals surface area contributed by atoms with Crippen molar-refractivity contribution in [1.82, 2.24) is 15.1 Å². The predicted molar refractivity (Wildman–Crippen MR) is 70.7 cm³/mol. The highest BCUT2D eigenvalue weighted by Crippen LogP contribution is 2.10. The molecule has 0 fully saturated rings. The molecule has 0 bridgehead atoms. The zero-order valence-electron chi connectivity index (χ0n) is 10.3. The minimum atomic E-state index is -2.99. The van der Waals surface area contributed by atoms with Gasteiger partial charge in [0, 0.05) is 29.8 Å². The van der Waals surface area contributed by atoms with Gasteiger partial charge in [-0.05, 0) is 6.92 Å². The van der Waals surface area contributed by atoms with Crippen LogP contribution in [0.2, 0.25) is 0 Å². The van der Waals surface area contributed by atoms with Crippen molar-refractivity contribution in [2.24, 2.45) is 0 Å². The second-order valence-corrected chi connectivity index (χ2v) is 6.33. The summed E-state index contributed by atoms with van der Waals surface area (Å²) in [5.41, 5.74) is 2.03. The average molecular weight is 267 g/mol. The fourth-order valence-electron chi connectivity index (χ4n) is 1.90. The van der Waals surface area contributed by atoms with E-state index < -0.39 is 9.84 Å². The lowest BCUT2D eigenvalue weighted by Gasteiger charge is -2.08. The summed E-state index contributed by atoms with van der Waals surface area (Å²) in [4.78, 5) is 0. The molecule has 1 aliphatic heterocycles. The molecule has 1 N–H and O–H groups in total. The van der Waals surface area contributed by atoms with Gasteiger partial charge in [0.05, 0.1) is 18.0 Å². The van der Waals surface area contributed by atoms with Gasteiger partial charge in [0.1, 0.15) is 0 Å². The van der Waals surface area contributed by atoms with Crippen molar-refractivity contribution in [3.63, 3.8) is 0 Å². The maximum absolute atomic E-state index is 11.3. The van der Waals surface area contributed by atoms with Crippen LogP contribution in [-0.2, 0) is 22.9 Å². The van der Waals surface area contributed by atoms with Crippen molar-refractivity contribution in [3.05, 3.63) is 41.6 Å². The van der Waals surface area contributed by atoms with Gasteiger partial charge in [-0.3, -0.25) is 4.68 Å². The molecule has 5 nitrogen and oxygen atoms in total. The molecular weight excluding hydrogens is 250 g/mol. The topological polar surface area (TPSA) is 64.0 Å². The largest absolute Gasteiger partial charge is 0.305 e. The first-order valence-corrected chi connectivity index (χ1v) is 7.50. The first kappa shape index (κ1) is 13.0. The van der Waals surface area contributed by atoms with Crippen molar-refractivity contribution in [1.29, 1.82) is 0 Å². The fourth-order valence-corrected chi connectivity index (χ4v) is 3.17. The van der Waals surface area contributed by atoms with Crippen LogP contribution in [0.3, 0.4) is 0 Å². The van der Waals surface area contributed by atoms with E-state index in [9.17, 15) is 8.42 Å². The van der Waals surface area contributed by atoms with Crippen LogP contribution in [0.1, 0.15) is 11.3 Å². The predicted octanol–water partition coefficient (Wildman–Crippen LogP) is 0.778. The van der Waals surface area contributed by atoms with Gasteiger partial charge in [-0.25, -0.2) is 8.42 Å². The third-order valence-corrected chi connectivity index (χ3v) is 4.24. The molecule has 0 radical (unpaired) electrons. The van der Waals surface area contributed by atoms with E-state index in [1.807, 2.05) is 17.8 Å². The van der Waals surface area contributed by atoms with Crippen LogP contribution in [0.5, 0.6) is 0 Å². The minimum absolute atomic E-state index is 0.0999. The van der Waals surface area contributed by atoms with Gasteiger partial charge in [-0.2, -0.15) is 5.10 Å². The Bertz CT molecular complexity index is 572. The van der Waals surface area contributed by atoms with E-state index in [2.05, 4.69) is 17.0 Å². The average Bonchev–Trinajstić information content (AvgIpc) is 2.80. The molecule has 1 aromatic rings. The van der Waals surface area contributed by atoms with E-state index in [-0.39, 0.29) is 11.8 Å². The molecule has 1 aromatic heterocycles. The molecule has 2 heterocycles. The van der Waals surface area contributed by atoms with E-state index in [4.69, 9.17) is 0 Å². The van der Waals surface area contributed by atoms with Crippen LogP contribution in [0.25, 0.3) is 0 Å². The fraction of sp³-hybridized carbons (Fsp3) is 0.417. The van der Waals surface area contributed by atoms with Crippen LogP contribution in [0.4, 0.5) is 0 Å². The Labute approximate surface area is 107 Å². The third kappa shape index (κ3) is 3.08. The van der Waals surface area contributed by atoms with E-state index >= 15 is 0 Å². The van der Waals surface area contributed by atoms with Gasteiger partial charge in [0.2, 0.25) is 0 Å². The first-order chi connectivity index (χ1) is 8.50. The lowest BCUT2D eigenvalue weighted by molar-refractivity contribution is 0.590. The van der Waals surface area contributed by atoms with Crippen molar-refractivity contribution in [2.45, 2.75) is 26.1 Å². The number of sulfone groups is 1. The normalized spacial score (nSPS) is 21.3. The van der Waals surface area contributed by atoms with Gasteiger partial charge in [0.25, 0.3) is 0 Å². The molecule has 0 aliphatic carbocycles. The second kappa shape index (κ2) is 5.07. The first-order valence-electron chi connectivity index (χ1n) is 5.78. The summed E-state index contributed by atoms with van der Waals surface area (Å²) in [6.45, 7) is 6.91. The summed E-state index contributed by atoms with van der Waals surface area (Å²) in [6, 6.07) is -0.0999. The smallest absolute Gasteiger partial charge is 0.173 e. The Morgan fingerprint density at radius 3 is 3.06 bits per heavy atom. The highest BCUT2D eigenvalue weighted by Gasteiger charge is 2.21. The zero-order valence-corrected chi connectivity index (χ0v) is 11.2. The number of hydrogen-bond donors (Lipinski definition) is 1. The molecular formula is C12H17N3O2S. The van der Waals surface area contributed by atoms with Gasteiger partial charge in [-0.15, -0.1) is 6.58 Å². The van der Waals surface area contributed by atoms with Crippen LogP contribution >= 0.6 is 0 Å². The lowest BCUT2D eigenvalue weighted by atomic mass is 10.2. The Hall–Kier alpha value is -1.40. The number of rotatable bonds is 5. The molecule has 0 spiro atoms. The maximum Gasteiger partial charge on any atom is 0.173 e. The number of aryl methyl sites for hydroxylation is 1. The number of hydrogen-bond acceptors (Lipinski definition) is 4. The molecule has 6 heteroatoms. The van der Waals surface area contributed by atoms with Crippen LogP contribution in [0, 0.1) is 6.92 Å². The molecule has 18 heavy (non-hydrogen) atoms. The monoisotopic (exact) mass is 267 g/mol. The van der Waals surface area contributed by atoms with E-state index in [1.165, 1.54) is 5.41 Å². The van der Waals surface area contributed by atoms with E-state index in [1.54, 1.807) is 12.2 Å². The number of nitrogens with one attached hydrogen (secondary N) is 1. The number of allylic oxidation sites excluding steroid dienone is 1. The minimum Gasteiger partial charge on any atom is -0.305 e. The summed E-state index contributed by atoms with van der Waals surface area (Å²) < 4.78 is 24.3. The van der Waals surface area contributed by atoms with E-state index in [0.29, 0.717) is 13.1 Å². The zero-order chi connectivity index (χ0) is 13.2.